The summed E-state index contributed by atoms with van der Waals surface area (Å²) in [5.41, 5.74) is 2.68. The molecule has 1 atom stereocenters. The van der Waals surface area contributed by atoms with Crippen LogP contribution in [0.15, 0.2) is 30.7 Å². The Labute approximate surface area is 139 Å². The van der Waals surface area contributed by atoms with Gasteiger partial charge in [0, 0.05) is 36.3 Å². The molecule has 24 heavy (non-hydrogen) atoms. The SMILES string of the molecule is N#CCS(=O)(=O)N1CCC(c2ccnc3cnc4[nH]ccc4c23)C1. The van der Waals surface area contributed by atoms with Crippen molar-refractivity contribution in [1.29, 1.82) is 5.26 Å². The molecule has 1 unspecified atom stereocenters. The fraction of sp³-hybridized carbons (Fsp3) is 0.312. The van der Waals surface area contributed by atoms with Gasteiger partial charge in [0.2, 0.25) is 10.0 Å². The lowest BCUT2D eigenvalue weighted by Crippen LogP contribution is -2.30. The van der Waals surface area contributed by atoms with Gasteiger partial charge in [0.25, 0.3) is 0 Å². The number of hydrogen-bond acceptors (Lipinski definition) is 5. The number of sulfonamides is 1. The van der Waals surface area contributed by atoms with Crippen LogP contribution >= 0.6 is 0 Å². The third-order valence-corrected chi connectivity index (χ3v) is 6.17. The third-order valence-electron chi connectivity index (χ3n) is 4.55. The fourth-order valence-electron chi connectivity index (χ4n) is 3.43. The maximum absolute atomic E-state index is 12.1. The summed E-state index contributed by atoms with van der Waals surface area (Å²) in [4.78, 5) is 11.8. The molecule has 4 heterocycles. The molecular formula is C16H15N5O2S. The number of pyridine rings is 2. The van der Waals surface area contributed by atoms with E-state index in [1.54, 1.807) is 18.5 Å². The van der Waals surface area contributed by atoms with Crippen molar-refractivity contribution in [2.24, 2.45) is 0 Å². The normalized spacial score (nSPS) is 19.0. The van der Waals surface area contributed by atoms with Crippen LogP contribution in [0.25, 0.3) is 21.9 Å². The van der Waals surface area contributed by atoms with E-state index in [4.69, 9.17) is 5.26 Å². The second-order valence-electron chi connectivity index (χ2n) is 5.92. The molecular weight excluding hydrogens is 326 g/mol. The lowest BCUT2D eigenvalue weighted by atomic mass is 9.94. The predicted molar refractivity (Wildman–Crippen MR) is 89.7 cm³/mol. The largest absolute Gasteiger partial charge is 0.346 e. The molecule has 1 aliphatic rings. The molecule has 1 fully saturated rings. The van der Waals surface area contributed by atoms with Crippen LogP contribution in [0.3, 0.4) is 0 Å². The highest BCUT2D eigenvalue weighted by molar-refractivity contribution is 7.89. The maximum Gasteiger partial charge on any atom is 0.227 e. The molecule has 0 amide bonds. The second kappa shape index (κ2) is 5.54. The first-order chi connectivity index (χ1) is 11.6. The maximum atomic E-state index is 12.1. The van der Waals surface area contributed by atoms with Crippen LogP contribution in [0, 0.1) is 11.3 Å². The van der Waals surface area contributed by atoms with Gasteiger partial charge in [-0.25, -0.2) is 17.7 Å². The molecule has 0 bridgehead atoms. The zero-order valence-corrected chi connectivity index (χ0v) is 13.6. The zero-order chi connectivity index (χ0) is 16.7. The van der Waals surface area contributed by atoms with Crippen LogP contribution in [0.2, 0.25) is 0 Å². The molecule has 3 aromatic rings. The van der Waals surface area contributed by atoms with Crippen LogP contribution in [-0.4, -0.2) is 46.5 Å². The van der Waals surface area contributed by atoms with E-state index in [2.05, 4.69) is 15.0 Å². The molecule has 4 rings (SSSR count). The summed E-state index contributed by atoms with van der Waals surface area (Å²) in [6, 6.07) is 5.66. The lowest BCUT2D eigenvalue weighted by molar-refractivity contribution is 0.476. The summed E-state index contributed by atoms with van der Waals surface area (Å²) < 4.78 is 25.7. The monoisotopic (exact) mass is 341 g/mol. The Kier molecular flexibility index (Phi) is 3.48. The molecule has 122 valence electrons. The molecule has 0 saturated carbocycles. The number of aromatic nitrogens is 3. The number of rotatable bonds is 3. The summed E-state index contributed by atoms with van der Waals surface area (Å²) in [5.74, 6) is -0.382. The van der Waals surface area contributed by atoms with E-state index >= 15 is 0 Å². The smallest absolute Gasteiger partial charge is 0.227 e. The quantitative estimate of drug-likeness (QED) is 0.782. The van der Waals surface area contributed by atoms with Crippen molar-refractivity contribution in [2.75, 3.05) is 18.8 Å². The Morgan fingerprint density at radius 1 is 1.38 bits per heavy atom. The van der Waals surface area contributed by atoms with Gasteiger partial charge in [0.05, 0.1) is 17.8 Å². The summed E-state index contributed by atoms with van der Waals surface area (Å²) in [6.07, 6.45) is 6.05. The molecule has 7 nitrogen and oxygen atoms in total. The van der Waals surface area contributed by atoms with Crippen molar-refractivity contribution in [3.8, 4) is 6.07 Å². The average molecular weight is 341 g/mol. The van der Waals surface area contributed by atoms with Gasteiger partial charge in [-0.15, -0.1) is 0 Å². The molecule has 0 aromatic carbocycles. The van der Waals surface area contributed by atoms with E-state index in [9.17, 15) is 8.42 Å². The molecule has 8 heteroatoms. The van der Waals surface area contributed by atoms with E-state index in [1.165, 1.54) is 4.31 Å². The van der Waals surface area contributed by atoms with Gasteiger partial charge in [-0.3, -0.25) is 4.98 Å². The van der Waals surface area contributed by atoms with Gasteiger partial charge >= 0.3 is 0 Å². The Morgan fingerprint density at radius 2 is 2.25 bits per heavy atom. The summed E-state index contributed by atoms with van der Waals surface area (Å²) in [5, 5.41) is 10.7. The third kappa shape index (κ3) is 2.33. The van der Waals surface area contributed by atoms with Crippen molar-refractivity contribution in [1.82, 2.24) is 19.3 Å². The summed E-state index contributed by atoms with van der Waals surface area (Å²) in [7, 11) is -3.50. The minimum absolute atomic E-state index is 0.0875. The molecule has 0 aliphatic carbocycles. The number of nitrogens with zero attached hydrogens (tertiary/aromatic N) is 4. The van der Waals surface area contributed by atoms with Gasteiger partial charge in [-0.05, 0) is 30.0 Å². The summed E-state index contributed by atoms with van der Waals surface area (Å²) in [6.45, 7) is 0.844. The van der Waals surface area contributed by atoms with Crippen molar-refractivity contribution < 1.29 is 8.42 Å². The first kappa shape index (κ1) is 15.1. The standard InChI is InChI=1S/C16H15N5O2S/c17-4-8-24(22,23)21-7-3-11(10-21)12-1-5-18-14-9-20-16-13(15(12)14)2-6-19-16/h1-2,5-6,9,11H,3,7-8,10H2,(H,19,20). The molecule has 1 saturated heterocycles. The van der Waals surface area contributed by atoms with Crippen LogP contribution in [-0.2, 0) is 10.0 Å². The van der Waals surface area contributed by atoms with E-state index in [0.717, 1.165) is 33.9 Å². The topological polar surface area (TPSA) is 103 Å². The van der Waals surface area contributed by atoms with Gasteiger partial charge in [0.1, 0.15) is 5.65 Å². The Bertz CT molecular complexity index is 1070. The Balaban J connectivity index is 1.78. The van der Waals surface area contributed by atoms with Crippen LogP contribution in [0.4, 0.5) is 0 Å². The lowest BCUT2D eigenvalue weighted by Gasteiger charge is -2.16. The van der Waals surface area contributed by atoms with Gasteiger partial charge in [-0.1, -0.05) is 0 Å². The Morgan fingerprint density at radius 3 is 3.08 bits per heavy atom. The van der Waals surface area contributed by atoms with E-state index in [0.29, 0.717) is 13.1 Å². The van der Waals surface area contributed by atoms with Crippen LogP contribution < -0.4 is 0 Å². The predicted octanol–water partition coefficient (Wildman–Crippen LogP) is 1.75. The fourth-order valence-corrected chi connectivity index (χ4v) is 4.56. The van der Waals surface area contributed by atoms with Crippen molar-refractivity contribution >= 4 is 32.0 Å². The zero-order valence-electron chi connectivity index (χ0n) is 12.8. The van der Waals surface area contributed by atoms with Crippen molar-refractivity contribution in [3.63, 3.8) is 0 Å². The van der Waals surface area contributed by atoms with Crippen molar-refractivity contribution in [3.05, 3.63) is 36.3 Å². The van der Waals surface area contributed by atoms with Crippen LogP contribution in [0.1, 0.15) is 17.9 Å². The van der Waals surface area contributed by atoms with E-state index < -0.39 is 15.8 Å². The minimum atomic E-state index is -3.50. The van der Waals surface area contributed by atoms with Gasteiger partial charge < -0.3 is 4.98 Å². The van der Waals surface area contributed by atoms with Gasteiger partial charge in [0.15, 0.2) is 5.75 Å². The average Bonchev–Trinajstić information content (AvgIpc) is 3.23. The first-order valence-corrected chi connectivity index (χ1v) is 9.26. The molecule has 0 radical (unpaired) electrons. The number of hydrogen-bond donors (Lipinski definition) is 1. The van der Waals surface area contributed by atoms with E-state index in [-0.39, 0.29) is 5.92 Å². The number of nitrogens with one attached hydrogen (secondary N) is 1. The second-order valence-corrected chi connectivity index (χ2v) is 7.89. The van der Waals surface area contributed by atoms with Crippen LogP contribution in [0.5, 0.6) is 0 Å². The molecule has 0 spiro atoms. The molecule has 1 N–H and O–H groups in total. The highest BCUT2D eigenvalue weighted by Gasteiger charge is 2.33. The number of nitriles is 1. The minimum Gasteiger partial charge on any atom is -0.346 e. The number of fused-ring (bicyclic) bond motifs is 3. The van der Waals surface area contributed by atoms with Gasteiger partial charge in [-0.2, -0.15) is 5.26 Å². The molecule has 1 aliphatic heterocycles. The first-order valence-electron chi connectivity index (χ1n) is 7.65. The van der Waals surface area contributed by atoms with Crippen molar-refractivity contribution in [2.45, 2.75) is 12.3 Å². The summed E-state index contributed by atoms with van der Waals surface area (Å²) >= 11 is 0. The molecule has 3 aromatic heterocycles. The number of aromatic amines is 1. The van der Waals surface area contributed by atoms with E-state index in [1.807, 2.05) is 18.3 Å². The highest BCUT2D eigenvalue weighted by atomic mass is 32.2. The Hall–Kier alpha value is -2.50. The number of H-pyrrole nitrogens is 1. The highest BCUT2D eigenvalue weighted by Crippen LogP contribution is 2.35.